The first-order valence-corrected chi connectivity index (χ1v) is 5.72. The molecule has 0 aliphatic heterocycles. The van der Waals surface area contributed by atoms with Gasteiger partial charge in [0.1, 0.15) is 6.20 Å². The van der Waals surface area contributed by atoms with Crippen LogP contribution in [0.4, 0.5) is 17.5 Å². The molecular weight excluding hydrogens is 264 g/mol. The summed E-state index contributed by atoms with van der Waals surface area (Å²) in [5, 5.41) is 17.9. The van der Waals surface area contributed by atoms with E-state index in [9.17, 15) is 10.1 Å². The Bertz CT molecular complexity index is 638. The first-order valence-electron chi connectivity index (χ1n) is 5.72. The van der Waals surface area contributed by atoms with Crippen LogP contribution in [0.25, 0.3) is 0 Å². The van der Waals surface area contributed by atoms with Crippen molar-refractivity contribution < 1.29 is 4.92 Å². The lowest BCUT2D eigenvalue weighted by atomic mass is 10.2. The maximum absolute atomic E-state index is 10.9. The number of anilines is 2. The predicted molar refractivity (Wildman–Crippen MR) is 71.8 cm³/mol. The van der Waals surface area contributed by atoms with Gasteiger partial charge >= 0.3 is 5.69 Å². The van der Waals surface area contributed by atoms with Crippen LogP contribution in [0.15, 0.2) is 12.4 Å². The molecule has 4 N–H and O–H groups in total. The van der Waals surface area contributed by atoms with Crippen molar-refractivity contribution >= 4 is 17.5 Å². The summed E-state index contributed by atoms with van der Waals surface area (Å²) in [6, 6.07) is 0. The number of hydrogen-bond donors (Lipinski definition) is 3. The predicted octanol–water partition coefficient (Wildman–Crippen LogP) is 0.324. The fourth-order valence-electron chi connectivity index (χ4n) is 1.61. The van der Waals surface area contributed by atoms with E-state index in [1.807, 2.05) is 14.0 Å². The summed E-state index contributed by atoms with van der Waals surface area (Å²) in [5.74, 6) is 5.39. The van der Waals surface area contributed by atoms with Crippen LogP contribution in [-0.4, -0.2) is 24.7 Å². The van der Waals surface area contributed by atoms with E-state index in [0.29, 0.717) is 6.54 Å². The lowest BCUT2D eigenvalue weighted by molar-refractivity contribution is -0.384. The minimum absolute atomic E-state index is 0.0982. The standard InChI is InChI=1S/C10H14N8O2/c1-6-7(4-14-17(6)2)3-12-9-8(18(19)20)5-13-10(15-9)16-11/h4-5H,3,11H2,1-2H3,(H2,12,13,15,16). The molecule has 20 heavy (non-hydrogen) atoms. The van der Waals surface area contributed by atoms with E-state index in [0.717, 1.165) is 17.5 Å². The zero-order valence-electron chi connectivity index (χ0n) is 11.0. The van der Waals surface area contributed by atoms with Gasteiger partial charge in [-0.15, -0.1) is 0 Å². The van der Waals surface area contributed by atoms with Crippen molar-refractivity contribution in [2.75, 3.05) is 10.7 Å². The van der Waals surface area contributed by atoms with Crippen molar-refractivity contribution in [1.82, 2.24) is 19.7 Å². The Morgan fingerprint density at radius 3 is 2.80 bits per heavy atom. The number of aryl methyl sites for hydroxylation is 1. The number of nitrogens with one attached hydrogen (secondary N) is 2. The summed E-state index contributed by atoms with van der Waals surface area (Å²) in [7, 11) is 1.82. The van der Waals surface area contributed by atoms with Crippen LogP contribution >= 0.6 is 0 Å². The van der Waals surface area contributed by atoms with Gasteiger partial charge in [-0.1, -0.05) is 0 Å². The van der Waals surface area contributed by atoms with Crippen LogP contribution in [0.1, 0.15) is 11.3 Å². The van der Waals surface area contributed by atoms with E-state index in [1.54, 1.807) is 10.9 Å². The number of rotatable bonds is 5. The minimum Gasteiger partial charge on any atom is -0.360 e. The lowest BCUT2D eigenvalue weighted by Gasteiger charge is -2.07. The molecule has 106 valence electrons. The highest BCUT2D eigenvalue weighted by atomic mass is 16.6. The first-order chi connectivity index (χ1) is 9.52. The number of nitrogens with zero attached hydrogens (tertiary/aromatic N) is 5. The SMILES string of the molecule is Cc1c(CNc2nc(NN)ncc2[N+](=O)[O-])cnn1C. The highest BCUT2D eigenvalue weighted by Gasteiger charge is 2.17. The average Bonchev–Trinajstić information content (AvgIpc) is 2.76. The molecule has 0 fully saturated rings. The molecule has 0 amide bonds. The largest absolute Gasteiger partial charge is 0.360 e. The third-order valence-corrected chi connectivity index (χ3v) is 2.88. The third kappa shape index (κ3) is 2.64. The van der Waals surface area contributed by atoms with Gasteiger partial charge in [0, 0.05) is 24.8 Å². The molecule has 0 saturated carbocycles. The number of nitrogens with two attached hydrogens (primary N) is 1. The summed E-state index contributed by atoms with van der Waals surface area (Å²) in [6.45, 7) is 2.27. The highest BCUT2D eigenvalue weighted by molar-refractivity contribution is 5.57. The molecule has 0 unspecified atom stereocenters. The Labute approximate surface area is 114 Å². The normalized spacial score (nSPS) is 10.3. The minimum atomic E-state index is -0.557. The Balaban J connectivity index is 2.23. The second-order valence-electron chi connectivity index (χ2n) is 4.06. The Hall–Kier alpha value is -2.75. The van der Waals surface area contributed by atoms with Crippen LogP contribution < -0.4 is 16.6 Å². The zero-order valence-corrected chi connectivity index (χ0v) is 11.0. The summed E-state index contributed by atoms with van der Waals surface area (Å²) < 4.78 is 1.72. The van der Waals surface area contributed by atoms with Crippen LogP contribution in [0.5, 0.6) is 0 Å². The van der Waals surface area contributed by atoms with Crippen molar-refractivity contribution in [3.05, 3.63) is 33.8 Å². The van der Waals surface area contributed by atoms with Crippen molar-refractivity contribution in [1.29, 1.82) is 0 Å². The molecule has 2 rings (SSSR count). The number of nitro groups is 1. The van der Waals surface area contributed by atoms with Crippen molar-refractivity contribution in [3.8, 4) is 0 Å². The first kappa shape index (κ1) is 13.7. The maximum Gasteiger partial charge on any atom is 0.329 e. The highest BCUT2D eigenvalue weighted by Crippen LogP contribution is 2.22. The quantitative estimate of drug-likeness (QED) is 0.404. The molecule has 0 aliphatic carbocycles. The Morgan fingerprint density at radius 1 is 1.50 bits per heavy atom. The molecule has 0 saturated heterocycles. The smallest absolute Gasteiger partial charge is 0.329 e. The molecule has 0 bridgehead atoms. The molecule has 0 spiro atoms. The number of hydrazine groups is 1. The molecule has 0 radical (unpaired) electrons. The van der Waals surface area contributed by atoms with E-state index in [4.69, 9.17) is 5.84 Å². The molecule has 10 nitrogen and oxygen atoms in total. The zero-order chi connectivity index (χ0) is 14.7. The van der Waals surface area contributed by atoms with Gasteiger partial charge in [-0.3, -0.25) is 20.2 Å². The molecular formula is C10H14N8O2. The van der Waals surface area contributed by atoms with Gasteiger partial charge in [0.25, 0.3) is 0 Å². The summed E-state index contributed by atoms with van der Waals surface area (Å²) in [6.07, 6.45) is 2.79. The van der Waals surface area contributed by atoms with Crippen LogP contribution in [0.2, 0.25) is 0 Å². The molecule has 0 aliphatic rings. The third-order valence-electron chi connectivity index (χ3n) is 2.88. The lowest BCUT2D eigenvalue weighted by Crippen LogP contribution is -2.13. The van der Waals surface area contributed by atoms with Gasteiger partial charge in [0.05, 0.1) is 11.1 Å². The topological polar surface area (TPSA) is 137 Å². The second-order valence-corrected chi connectivity index (χ2v) is 4.06. The maximum atomic E-state index is 10.9. The van der Waals surface area contributed by atoms with Crippen LogP contribution in [0, 0.1) is 17.0 Å². The summed E-state index contributed by atoms with van der Waals surface area (Å²) >= 11 is 0. The van der Waals surface area contributed by atoms with Gasteiger partial charge < -0.3 is 5.32 Å². The van der Waals surface area contributed by atoms with Crippen molar-refractivity contribution in [2.45, 2.75) is 13.5 Å². The number of aromatic nitrogens is 4. The van der Waals surface area contributed by atoms with Gasteiger partial charge in [0.15, 0.2) is 0 Å². The van der Waals surface area contributed by atoms with E-state index < -0.39 is 4.92 Å². The average molecular weight is 278 g/mol. The fourth-order valence-corrected chi connectivity index (χ4v) is 1.61. The van der Waals surface area contributed by atoms with Crippen molar-refractivity contribution in [2.24, 2.45) is 12.9 Å². The van der Waals surface area contributed by atoms with E-state index in [-0.39, 0.29) is 17.5 Å². The number of hydrogen-bond acceptors (Lipinski definition) is 8. The summed E-state index contributed by atoms with van der Waals surface area (Å²) in [5.41, 5.74) is 3.91. The summed E-state index contributed by atoms with van der Waals surface area (Å²) in [4.78, 5) is 18.0. The van der Waals surface area contributed by atoms with E-state index >= 15 is 0 Å². The van der Waals surface area contributed by atoms with Gasteiger partial charge in [0.2, 0.25) is 11.8 Å². The van der Waals surface area contributed by atoms with Crippen molar-refractivity contribution in [3.63, 3.8) is 0 Å². The van der Waals surface area contributed by atoms with E-state index in [2.05, 4.69) is 25.8 Å². The number of nitrogen functional groups attached to an aromatic ring is 1. The molecule has 0 atom stereocenters. The van der Waals surface area contributed by atoms with Crippen LogP contribution in [-0.2, 0) is 13.6 Å². The molecule has 0 aromatic carbocycles. The molecule has 2 heterocycles. The Morgan fingerprint density at radius 2 is 2.25 bits per heavy atom. The van der Waals surface area contributed by atoms with Gasteiger partial charge in [-0.25, -0.2) is 10.8 Å². The van der Waals surface area contributed by atoms with Gasteiger partial charge in [-0.05, 0) is 6.92 Å². The van der Waals surface area contributed by atoms with Gasteiger partial charge in [-0.2, -0.15) is 10.1 Å². The van der Waals surface area contributed by atoms with E-state index in [1.165, 1.54) is 0 Å². The second kappa shape index (κ2) is 5.48. The monoisotopic (exact) mass is 278 g/mol. The fraction of sp³-hybridized carbons (Fsp3) is 0.300. The van der Waals surface area contributed by atoms with Crippen LogP contribution in [0.3, 0.4) is 0 Å². The molecule has 10 heteroatoms. The molecule has 2 aromatic rings. The molecule has 2 aromatic heterocycles. The Kier molecular flexibility index (Phi) is 3.75.